The zero-order chi connectivity index (χ0) is 12.7. The Morgan fingerprint density at radius 1 is 1.53 bits per heavy atom. The van der Waals surface area contributed by atoms with E-state index in [2.05, 4.69) is 29.0 Å². The maximum Gasteiger partial charge on any atom is 0.252 e. The second-order valence-electron chi connectivity index (χ2n) is 3.95. The molecule has 5 nitrogen and oxygen atoms in total. The summed E-state index contributed by atoms with van der Waals surface area (Å²) in [6.45, 7) is 6.77. The Bertz CT molecular complexity index is 321. The fourth-order valence-electron chi connectivity index (χ4n) is 1.62. The Morgan fingerprint density at radius 2 is 2.24 bits per heavy atom. The van der Waals surface area contributed by atoms with Gasteiger partial charge in [-0.25, -0.2) is 0 Å². The number of carbonyl (C=O) groups is 1. The van der Waals surface area contributed by atoms with Crippen molar-refractivity contribution in [1.82, 2.24) is 15.2 Å². The normalized spacial score (nSPS) is 12.7. The van der Waals surface area contributed by atoms with E-state index in [-0.39, 0.29) is 12.5 Å². The number of amides is 1. The van der Waals surface area contributed by atoms with E-state index in [9.17, 15) is 9.90 Å². The van der Waals surface area contributed by atoms with Gasteiger partial charge in [0.25, 0.3) is 5.91 Å². The van der Waals surface area contributed by atoms with Crippen molar-refractivity contribution in [2.24, 2.45) is 0 Å². The molecule has 5 heteroatoms. The number of nitrogens with one attached hydrogen (secondary N) is 2. The number of hydrogen-bond acceptors (Lipinski definition) is 3. The smallest absolute Gasteiger partial charge is 0.252 e. The van der Waals surface area contributed by atoms with Crippen LogP contribution >= 0.6 is 0 Å². The molecule has 0 bridgehead atoms. The van der Waals surface area contributed by atoms with Gasteiger partial charge in [-0.1, -0.05) is 13.8 Å². The average molecular weight is 239 g/mol. The van der Waals surface area contributed by atoms with Crippen molar-refractivity contribution in [2.75, 3.05) is 26.2 Å². The van der Waals surface area contributed by atoms with Gasteiger partial charge in [0.2, 0.25) is 0 Å². The van der Waals surface area contributed by atoms with E-state index in [4.69, 9.17) is 0 Å². The Balaban J connectivity index is 2.28. The highest BCUT2D eigenvalue weighted by Crippen LogP contribution is 1.96. The lowest BCUT2D eigenvalue weighted by atomic mass is 10.3. The molecule has 0 aliphatic rings. The molecular formula is C12H21N3O2. The van der Waals surface area contributed by atoms with E-state index < -0.39 is 6.10 Å². The first kappa shape index (κ1) is 13.7. The molecule has 1 heterocycles. The molecule has 96 valence electrons. The third-order valence-electron chi connectivity index (χ3n) is 2.72. The largest absolute Gasteiger partial charge is 0.390 e. The second kappa shape index (κ2) is 7.09. The van der Waals surface area contributed by atoms with Gasteiger partial charge in [-0.3, -0.25) is 4.79 Å². The molecular weight excluding hydrogens is 218 g/mol. The van der Waals surface area contributed by atoms with Crippen LogP contribution in [-0.4, -0.2) is 53.2 Å². The lowest BCUT2D eigenvalue weighted by Gasteiger charge is -2.21. The van der Waals surface area contributed by atoms with Gasteiger partial charge in [-0.15, -0.1) is 0 Å². The summed E-state index contributed by atoms with van der Waals surface area (Å²) >= 11 is 0. The van der Waals surface area contributed by atoms with Crippen LogP contribution in [-0.2, 0) is 0 Å². The summed E-state index contributed by atoms with van der Waals surface area (Å²) in [4.78, 5) is 16.5. The van der Waals surface area contributed by atoms with Crippen molar-refractivity contribution in [3.05, 3.63) is 24.0 Å². The molecule has 0 fully saturated rings. The van der Waals surface area contributed by atoms with Crippen LogP contribution in [0.4, 0.5) is 0 Å². The third-order valence-corrected chi connectivity index (χ3v) is 2.72. The summed E-state index contributed by atoms with van der Waals surface area (Å²) in [6, 6.07) is 1.70. The van der Waals surface area contributed by atoms with Crippen LogP contribution in [0.5, 0.6) is 0 Å². The van der Waals surface area contributed by atoms with E-state index in [0.717, 1.165) is 13.1 Å². The number of carbonyl (C=O) groups excluding carboxylic acids is 1. The van der Waals surface area contributed by atoms with Crippen LogP contribution in [0, 0.1) is 0 Å². The first-order valence-electron chi connectivity index (χ1n) is 5.98. The van der Waals surface area contributed by atoms with Crippen molar-refractivity contribution in [3.63, 3.8) is 0 Å². The molecule has 1 rings (SSSR count). The SMILES string of the molecule is CCN(CC)CC(O)CNC(=O)c1cc[nH]c1. The van der Waals surface area contributed by atoms with Crippen LogP contribution in [0.25, 0.3) is 0 Å². The number of nitrogens with zero attached hydrogens (tertiary/aromatic N) is 1. The van der Waals surface area contributed by atoms with Gasteiger partial charge in [0.05, 0.1) is 11.7 Å². The van der Waals surface area contributed by atoms with Crippen LogP contribution < -0.4 is 5.32 Å². The standard InChI is InChI=1S/C12H21N3O2/c1-3-15(4-2)9-11(16)8-14-12(17)10-5-6-13-7-10/h5-7,11,13,16H,3-4,8-9H2,1-2H3,(H,14,17). The Kier molecular flexibility index (Phi) is 5.72. The summed E-state index contributed by atoms with van der Waals surface area (Å²) in [7, 11) is 0. The monoisotopic (exact) mass is 239 g/mol. The summed E-state index contributed by atoms with van der Waals surface area (Å²) in [5, 5.41) is 12.5. The van der Waals surface area contributed by atoms with Crippen LogP contribution in [0.15, 0.2) is 18.5 Å². The molecule has 0 saturated carbocycles. The maximum atomic E-state index is 11.6. The van der Waals surface area contributed by atoms with Crippen molar-refractivity contribution >= 4 is 5.91 Å². The quantitative estimate of drug-likeness (QED) is 0.647. The minimum atomic E-state index is -0.530. The van der Waals surface area contributed by atoms with E-state index in [1.165, 1.54) is 0 Å². The minimum absolute atomic E-state index is 0.162. The number of H-pyrrole nitrogens is 1. The fraction of sp³-hybridized carbons (Fsp3) is 0.583. The van der Waals surface area contributed by atoms with Crippen LogP contribution in [0.3, 0.4) is 0 Å². The van der Waals surface area contributed by atoms with Gasteiger partial charge in [0, 0.05) is 25.5 Å². The zero-order valence-corrected chi connectivity index (χ0v) is 10.4. The molecule has 1 aromatic heterocycles. The van der Waals surface area contributed by atoms with Crippen molar-refractivity contribution in [3.8, 4) is 0 Å². The first-order chi connectivity index (χ1) is 8.17. The minimum Gasteiger partial charge on any atom is -0.390 e. The molecule has 0 aliphatic carbocycles. The Labute approximate surface area is 102 Å². The van der Waals surface area contributed by atoms with Crippen molar-refractivity contribution < 1.29 is 9.90 Å². The predicted molar refractivity (Wildman–Crippen MR) is 66.9 cm³/mol. The highest BCUT2D eigenvalue weighted by molar-refractivity contribution is 5.93. The van der Waals surface area contributed by atoms with Gasteiger partial charge in [-0.05, 0) is 19.2 Å². The van der Waals surface area contributed by atoms with Crippen molar-refractivity contribution in [1.29, 1.82) is 0 Å². The number of aromatic nitrogens is 1. The zero-order valence-electron chi connectivity index (χ0n) is 10.4. The topological polar surface area (TPSA) is 68.4 Å². The lowest BCUT2D eigenvalue weighted by molar-refractivity contribution is 0.0869. The highest BCUT2D eigenvalue weighted by atomic mass is 16.3. The summed E-state index contributed by atoms with van der Waals surface area (Å²) in [6.07, 6.45) is 2.80. The summed E-state index contributed by atoms with van der Waals surface area (Å²) in [5.41, 5.74) is 0.583. The number of aliphatic hydroxyl groups is 1. The van der Waals surface area contributed by atoms with Gasteiger partial charge in [-0.2, -0.15) is 0 Å². The van der Waals surface area contributed by atoms with E-state index in [0.29, 0.717) is 12.1 Å². The first-order valence-corrected chi connectivity index (χ1v) is 5.98. The van der Waals surface area contributed by atoms with Gasteiger partial charge < -0.3 is 20.3 Å². The highest BCUT2D eigenvalue weighted by Gasteiger charge is 2.11. The Morgan fingerprint density at radius 3 is 2.76 bits per heavy atom. The average Bonchev–Trinajstić information content (AvgIpc) is 2.86. The number of hydrogen-bond donors (Lipinski definition) is 3. The molecule has 0 spiro atoms. The predicted octanol–water partition coefficient (Wildman–Crippen LogP) is 0.447. The Hall–Kier alpha value is -1.33. The van der Waals surface area contributed by atoms with Crippen LogP contribution in [0.2, 0.25) is 0 Å². The second-order valence-corrected chi connectivity index (χ2v) is 3.95. The molecule has 3 N–H and O–H groups in total. The molecule has 1 amide bonds. The lowest BCUT2D eigenvalue weighted by Crippen LogP contribution is -2.40. The third kappa shape index (κ3) is 4.58. The van der Waals surface area contributed by atoms with Gasteiger partial charge in [0.15, 0.2) is 0 Å². The van der Waals surface area contributed by atoms with Gasteiger partial charge >= 0.3 is 0 Å². The number of rotatable bonds is 7. The van der Waals surface area contributed by atoms with E-state index in [1.807, 2.05) is 0 Å². The number of likely N-dealkylation sites (N-methyl/N-ethyl adjacent to an activating group) is 1. The molecule has 1 atom stereocenters. The molecule has 0 aromatic carbocycles. The number of aliphatic hydroxyl groups excluding tert-OH is 1. The van der Waals surface area contributed by atoms with E-state index >= 15 is 0 Å². The van der Waals surface area contributed by atoms with Crippen LogP contribution in [0.1, 0.15) is 24.2 Å². The van der Waals surface area contributed by atoms with E-state index in [1.54, 1.807) is 18.5 Å². The summed E-state index contributed by atoms with van der Waals surface area (Å²) < 4.78 is 0. The number of aromatic amines is 1. The molecule has 0 saturated heterocycles. The molecule has 0 aliphatic heterocycles. The summed E-state index contributed by atoms with van der Waals surface area (Å²) in [5.74, 6) is -0.162. The molecule has 0 radical (unpaired) electrons. The van der Waals surface area contributed by atoms with Crippen molar-refractivity contribution in [2.45, 2.75) is 20.0 Å². The van der Waals surface area contributed by atoms with Gasteiger partial charge in [0.1, 0.15) is 0 Å². The molecule has 1 aromatic rings. The molecule has 17 heavy (non-hydrogen) atoms. The molecule has 1 unspecified atom stereocenters. The maximum absolute atomic E-state index is 11.6. The fourth-order valence-corrected chi connectivity index (χ4v) is 1.62.